The van der Waals surface area contributed by atoms with Gasteiger partial charge in [0.1, 0.15) is 11.6 Å². The Morgan fingerprint density at radius 1 is 1.15 bits per heavy atom. The average Bonchev–Trinajstić information content (AvgIpc) is 2.33. The standard InChI is InChI=1S/C17H24F2O/c1-16(2,3)12-7-9-17(20,10-8-12)11-13-14(18)5-4-6-15(13)19/h4-6,12,20H,7-11H2,1-3H3. The first kappa shape index (κ1) is 15.4. The van der Waals surface area contributed by atoms with E-state index in [4.69, 9.17) is 0 Å². The molecule has 1 aromatic rings. The van der Waals surface area contributed by atoms with Crippen LogP contribution >= 0.6 is 0 Å². The summed E-state index contributed by atoms with van der Waals surface area (Å²) in [7, 11) is 0. The van der Waals surface area contributed by atoms with Gasteiger partial charge in [-0.2, -0.15) is 0 Å². The largest absolute Gasteiger partial charge is 0.390 e. The Kier molecular flexibility index (Phi) is 4.19. The molecule has 0 atom stereocenters. The van der Waals surface area contributed by atoms with Gasteiger partial charge in [-0.15, -0.1) is 0 Å². The maximum atomic E-state index is 13.7. The third-order valence-corrected chi connectivity index (χ3v) is 4.71. The molecule has 0 radical (unpaired) electrons. The van der Waals surface area contributed by atoms with Crippen LogP contribution in [0.4, 0.5) is 8.78 Å². The number of hydrogen-bond donors (Lipinski definition) is 1. The summed E-state index contributed by atoms with van der Waals surface area (Å²) >= 11 is 0. The minimum absolute atomic E-state index is 0.0178. The summed E-state index contributed by atoms with van der Waals surface area (Å²) in [6.07, 6.45) is 3.12. The molecule has 0 spiro atoms. The van der Waals surface area contributed by atoms with Crippen molar-refractivity contribution in [3.05, 3.63) is 35.4 Å². The normalized spacial score (nSPS) is 27.6. The summed E-state index contributed by atoms with van der Waals surface area (Å²) in [5.41, 5.74) is -0.723. The Bertz CT molecular complexity index is 448. The van der Waals surface area contributed by atoms with Crippen LogP contribution in [0.2, 0.25) is 0 Å². The Hall–Kier alpha value is -0.960. The van der Waals surface area contributed by atoms with Gasteiger partial charge in [0.05, 0.1) is 5.60 Å². The summed E-state index contributed by atoms with van der Waals surface area (Å²) in [4.78, 5) is 0. The van der Waals surface area contributed by atoms with Crippen LogP contribution in [-0.4, -0.2) is 10.7 Å². The van der Waals surface area contributed by atoms with Crippen LogP contribution in [0.1, 0.15) is 52.0 Å². The van der Waals surface area contributed by atoms with Crippen molar-refractivity contribution >= 4 is 0 Å². The molecule has 0 unspecified atom stereocenters. The van der Waals surface area contributed by atoms with Crippen molar-refractivity contribution in [3.8, 4) is 0 Å². The van der Waals surface area contributed by atoms with E-state index in [2.05, 4.69) is 20.8 Å². The first-order chi connectivity index (χ1) is 9.21. The topological polar surface area (TPSA) is 20.2 Å². The van der Waals surface area contributed by atoms with Crippen molar-refractivity contribution in [2.24, 2.45) is 11.3 Å². The van der Waals surface area contributed by atoms with Gasteiger partial charge in [0.2, 0.25) is 0 Å². The van der Waals surface area contributed by atoms with E-state index >= 15 is 0 Å². The van der Waals surface area contributed by atoms with E-state index < -0.39 is 17.2 Å². The molecule has 0 aliphatic heterocycles. The van der Waals surface area contributed by atoms with E-state index in [1.165, 1.54) is 18.2 Å². The minimum Gasteiger partial charge on any atom is -0.390 e. The lowest BCUT2D eigenvalue weighted by atomic mass is 9.67. The molecule has 0 heterocycles. The summed E-state index contributed by atoms with van der Waals surface area (Å²) < 4.78 is 27.4. The molecule has 1 N–H and O–H groups in total. The van der Waals surface area contributed by atoms with Crippen molar-refractivity contribution in [2.45, 2.75) is 58.5 Å². The monoisotopic (exact) mass is 282 g/mol. The second kappa shape index (κ2) is 5.44. The molecule has 0 saturated heterocycles. The van der Waals surface area contributed by atoms with Gasteiger partial charge in [-0.1, -0.05) is 26.8 Å². The van der Waals surface area contributed by atoms with Crippen LogP contribution < -0.4 is 0 Å². The van der Waals surface area contributed by atoms with Gasteiger partial charge >= 0.3 is 0 Å². The van der Waals surface area contributed by atoms with Crippen LogP contribution in [0.15, 0.2) is 18.2 Å². The lowest BCUT2D eigenvalue weighted by molar-refractivity contribution is -0.0256. The molecule has 0 amide bonds. The Morgan fingerprint density at radius 3 is 2.10 bits per heavy atom. The molecule has 1 saturated carbocycles. The van der Waals surface area contributed by atoms with Crippen LogP contribution in [0.5, 0.6) is 0 Å². The molecule has 20 heavy (non-hydrogen) atoms. The third kappa shape index (κ3) is 3.38. The van der Waals surface area contributed by atoms with Crippen molar-refractivity contribution in [1.82, 2.24) is 0 Å². The molecule has 0 bridgehead atoms. The molecule has 1 aromatic carbocycles. The van der Waals surface area contributed by atoms with E-state index in [0.29, 0.717) is 18.8 Å². The van der Waals surface area contributed by atoms with E-state index in [0.717, 1.165) is 12.8 Å². The highest BCUT2D eigenvalue weighted by atomic mass is 19.1. The fourth-order valence-corrected chi connectivity index (χ4v) is 3.23. The number of aliphatic hydroxyl groups is 1. The van der Waals surface area contributed by atoms with Crippen molar-refractivity contribution < 1.29 is 13.9 Å². The van der Waals surface area contributed by atoms with Gasteiger partial charge < -0.3 is 5.11 Å². The molecule has 1 nitrogen and oxygen atoms in total. The Balaban J connectivity index is 2.08. The highest BCUT2D eigenvalue weighted by Crippen LogP contribution is 2.42. The fraction of sp³-hybridized carbons (Fsp3) is 0.647. The zero-order valence-corrected chi connectivity index (χ0v) is 12.5. The van der Waals surface area contributed by atoms with Gasteiger partial charge in [-0.05, 0) is 49.1 Å². The number of halogens is 2. The number of hydrogen-bond acceptors (Lipinski definition) is 1. The molecule has 2 rings (SSSR count). The second-order valence-electron chi connectivity index (χ2n) is 7.24. The van der Waals surface area contributed by atoms with Gasteiger partial charge in [0, 0.05) is 12.0 Å². The van der Waals surface area contributed by atoms with Gasteiger partial charge in [0.25, 0.3) is 0 Å². The summed E-state index contributed by atoms with van der Waals surface area (Å²) in [5.74, 6) is -0.555. The zero-order valence-electron chi connectivity index (χ0n) is 12.5. The molecule has 1 aliphatic carbocycles. The summed E-state index contributed by atoms with van der Waals surface area (Å²) in [6.45, 7) is 6.62. The number of benzene rings is 1. The fourth-order valence-electron chi connectivity index (χ4n) is 3.23. The second-order valence-corrected chi connectivity index (χ2v) is 7.24. The quantitative estimate of drug-likeness (QED) is 0.848. The SMILES string of the molecule is CC(C)(C)C1CCC(O)(Cc2c(F)cccc2F)CC1. The van der Waals surface area contributed by atoms with Crippen molar-refractivity contribution in [3.63, 3.8) is 0 Å². The van der Waals surface area contributed by atoms with Crippen LogP contribution in [0.3, 0.4) is 0 Å². The van der Waals surface area contributed by atoms with Crippen molar-refractivity contribution in [2.75, 3.05) is 0 Å². The highest BCUT2D eigenvalue weighted by molar-refractivity contribution is 5.22. The highest BCUT2D eigenvalue weighted by Gasteiger charge is 2.38. The zero-order chi connectivity index (χ0) is 15.0. The lowest BCUT2D eigenvalue weighted by Crippen LogP contribution is -2.39. The summed E-state index contributed by atoms with van der Waals surface area (Å²) in [6, 6.07) is 3.86. The van der Waals surface area contributed by atoms with E-state index in [-0.39, 0.29) is 17.4 Å². The van der Waals surface area contributed by atoms with Crippen LogP contribution in [-0.2, 0) is 6.42 Å². The van der Waals surface area contributed by atoms with Crippen LogP contribution in [0.25, 0.3) is 0 Å². The Labute approximate surface area is 120 Å². The molecule has 112 valence electrons. The minimum atomic E-state index is -0.967. The predicted octanol–water partition coefficient (Wildman–Crippen LogP) is 4.47. The molecular formula is C17H24F2O. The van der Waals surface area contributed by atoms with Gasteiger partial charge in [0.15, 0.2) is 0 Å². The summed E-state index contributed by atoms with van der Waals surface area (Å²) in [5, 5.41) is 10.6. The van der Waals surface area contributed by atoms with Gasteiger partial charge in [-0.25, -0.2) is 8.78 Å². The van der Waals surface area contributed by atoms with E-state index in [1.807, 2.05) is 0 Å². The third-order valence-electron chi connectivity index (χ3n) is 4.71. The number of rotatable bonds is 2. The maximum absolute atomic E-state index is 13.7. The van der Waals surface area contributed by atoms with E-state index in [9.17, 15) is 13.9 Å². The molecular weight excluding hydrogens is 258 g/mol. The predicted molar refractivity (Wildman–Crippen MR) is 76.4 cm³/mol. The first-order valence-corrected chi connectivity index (χ1v) is 7.36. The van der Waals surface area contributed by atoms with Crippen molar-refractivity contribution in [1.29, 1.82) is 0 Å². The molecule has 1 aliphatic rings. The average molecular weight is 282 g/mol. The Morgan fingerprint density at radius 2 is 1.65 bits per heavy atom. The molecule has 1 fully saturated rings. The maximum Gasteiger partial charge on any atom is 0.129 e. The smallest absolute Gasteiger partial charge is 0.129 e. The lowest BCUT2D eigenvalue weighted by Gasteiger charge is -2.41. The molecule has 3 heteroatoms. The first-order valence-electron chi connectivity index (χ1n) is 7.36. The van der Waals surface area contributed by atoms with Crippen LogP contribution in [0, 0.1) is 23.0 Å². The molecule has 0 aromatic heterocycles. The van der Waals surface area contributed by atoms with Gasteiger partial charge in [-0.3, -0.25) is 0 Å². The van der Waals surface area contributed by atoms with E-state index in [1.54, 1.807) is 0 Å².